The first-order chi connectivity index (χ1) is 6.31. The van der Waals surface area contributed by atoms with Crippen molar-refractivity contribution in [3.8, 4) is 0 Å². The summed E-state index contributed by atoms with van der Waals surface area (Å²) in [7, 11) is 1.62. The molecule has 0 aliphatic carbocycles. The normalized spacial score (nSPS) is 19.8. The molecule has 67 valence electrons. The zero-order valence-electron chi connectivity index (χ0n) is 7.37. The van der Waals surface area contributed by atoms with Crippen LogP contribution in [0.1, 0.15) is 17.3 Å². The number of benzene rings is 1. The van der Waals surface area contributed by atoms with Gasteiger partial charge in [-0.05, 0) is 23.3 Å². The highest BCUT2D eigenvalue weighted by Gasteiger charge is 2.15. The molecule has 3 heteroatoms. The second-order valence-corrected chi connectivity index (χ2v) is 2.89. The molecule has 1 heterocycles. The molecular weight excluding hydrogens is 164 g/mol. The molecule has 1 radical (unpaired) electrons. The van der Waals surface area contributed by atoms with E-state index in [0.29, 0.717) is 5.88 Å². The maximum absolute atomic E-state index is 5.86. The maximum Gasteiger partial charge on any atom is 0.188 e. The number of methoxy groups -OCH3 is 1. The van der Waals surface area contributed by atoms with Crippen LogP contribution in [0.3, 0.4) is 0 Å². The summed E-state index contributed by atoms with van der Waals surface area (Å²) in [4.78, 5) is 0. The van der Waals surface area contributed by atoms with Crippen LogP contribution in [0.4, 0.5) is 0 Å². The van der Waals surface area contributed by atoms with Gasteiger partial charge in [0.1, 0.15) is 6.17 Å². The van der Waals surface area contributed by atoms with Gasteiger partial charge in [-0.2, -0.15) is 0 Å². The molecule has 1 aliphatic heterocycles. The van der Waals surface area contributed by atoms with Crippen molar-refractivity contribution >= 4 is 6.08 Å². The number of nitrogens with one attached hydrogen (secondary N) is 1. The Morgan fingerprint density at radius 2 is 2.46 bits per heavy atom. The van der Waals surface area contributed by atoms with E-state index in [1.807, 2.05) is 24.3 Å². The van der Waals surface area contributed by atoms with E-state index in [1.54, 1.807) is 7.11 Å². The van der Waals surface area contributed by atoms with Gasteiger partial charge in [0.15, 0.2) is 5.88 Å². The van der Waals surface area contributed by atoms with Crippen molar-refractivity contribution < 1.29 is 4.74 Å². The van der Waals surface area contributed by atoms with E-state index in [-0.39, 0.29) is 6.17 Å². The number of rotatable bonds is 1. The highest BCUT2D eigenvalue weighted by molar-refractivity contribution is 5.58. The molecule has 0 saturated heterocycles. The van der Waals surface area contributed by atoms with Crippen LogP contribution in [-0.2, 0) is 4.74 Å². The van der Waals surface area contributed by atoms with Crippen LogP contribution in [0.2, 0.25) is 0 Å². The monoisotopic (exact) mass is 175 g/mol. The third kappa shape index (κ3) is 1.38. The standard InChI is InChI=1S/C10H11N2O/c1-13-9-6-7-4-2-3-5-8(7)10(11)12-9/h2,4-6,10,12H,11H2,1H3. The Hall–Kier alpha value is -1.48. The van der Waals surface area contributed by atoms with E-state index >= 15 is 0 Å². The average Bonchev–Trinajstić information content (AvgIpc) is 2.18. The molecule has 0 fully saturated rings. The first kappa shape index (κ1) is 8.13. The van der Waals surface area contributed by atoms with Crippen molar-refractivity contribution in [1.29, 1.82) is 0 Å². The molecule has 1 aromatic carbocycles. The van der Waals surface area contributed by atoms with Gasteiger partial charge < -0.3 is 15.8 Å². The van der Waals surface area contributed by atoms with Gasteiger partial charge in [0.05, 0.1) is 7.11 Å². The molecule has 0 saturated carbocycles. The fourth-order valence-electron chi connectivity index (χ4n) is 1.39. The number of hydrogen-bond acceptors (Lipinski definition) is 3. The van der Waals surface area contributed by atoms with E-state index in [1.165, 1.54) is 0 Å². The van der Waals surface area contributed by atoms with Crippen molar-refractivity contribution in [1.82, 2.24) is 5.32 Å². The van der Waals surface area contributed by atoms with E-state index in [0.717, 1.165) is 11.1 Å². The van der Waals surface area contributed by atoms with Gasteiger partial charge in [0.25, 0.3) is 0 Å². The summed E-state index contributed by atoms with van der Waals surface area (Å²) in [5, 5.41) is 3.02. The van der Waals surface area contributed by atoms with Crippen molar-refractivity contribution in [2.75, 3.05) is 7.11 Å². The van der Waals surface area contributed by atoms with Gasteiger partial charge in [-0.15, -0.1) is 0 Å². The fourth-order valence-corrected chi connectivity index (χ4v) is 1.39. The Morgan fingerprint density at radius 1 is 1.62 bits per heavy atom. The van der Waals surface area contributed by atoms with Crippen LogP contribution in [-0.4, -0.2) is 7.11 Å². The molecule has 1 aliphatic rings. The average molecular weight is 175 g/mol. The summed E-state index contributed by atoms with van der Waals surface area (Å²) in [5.74, 6) is 0.700. The number of ether oxygens (including phenoxy) is 1. The minimum atomic E-state index is -0.201. The minimum Gasteiger partial charge on any atom is -0.482 e. The van der Waals surface area contributed by atoms with Gasteiger partial charge in [-0.1, -0.05) is 12.1 Å². The number of nitrogens with two attached hydrogens (primary N) is 1. The number of hydrogen-bond donors (Lipinski definition) is 2. The second kappa shape index (κ2) is 3.11. The lowest BCUT2D eigenvalue weighted by molar-refractivity contribution is 0.252. The summed E-state index contributed by atoms with van der Waals surface area (Å²) in [5.41, 5.74) is 7.99. The predicted octanol–water partition coefficient (Wildman–Crippen LogP) is 0.992. The van der Waals surface area contributed by atoms with E-state index in [2.05, 4.69) is 11.4 Å². The SMILES string of the molecule is COC1=Cc2cc[c]cc2C(N)N1. The molecule has 0 bridgehead atoms. The highest BCUT2D eigenvalue weighted by Crippen LogP contribution is 2.22. The molecule has 2 rings (SSSR count). The molecule has 0 aromatic heterocycles. The zero-order chi connectivity index (χ0) is 9.26. The van der Waals surface area contributed by atoms with Crippen molar-refractivity contribution in [3.63, 3.8) is 0 Å². The summed E-state index contributed by atoms with van der Waals surface area (Å²) in [6, 6.07) is 8.71. The van der Waals surface area contributed by atoms with Gasteiger partial charge in [0, 0.05) is 6.08 Å². The van der Waals surface area contributed by atoms with Gasteiger partial charge >= 0.3 is 0 Å². The predicted molar refractivity (Wildman–Crippen MR) is 50.3 cm³/mol. The summed E-state index contributed by atoms with van der Waals surface area (Å²) in [6.45, 7) is 0. The quantitative estimate of drug-likeness (QED) is 0.669. The molecule has 3 N–H and O–H groups in total. The first-order valence-corrected chi connectivity index (χ1v) is 4.09. The van der Waals surface area contributed by atoms with Gasteiger partial charge in [-0.25, -0.2) is 0 Å². The first-order valence-electron chi connectivity index (χ1n) is 4.09. The van der Waals surface area contributed by atoms with Crippen LogP contribution in [0, 0.1) is 6.07 Å². The molecule has 13 heavy (non-hydrogen) atoms. The van der Waals surface area contributed by atoms with Crippen LogP contribution >= 0.6 is 0 Å². The Morgan fingerprint density at radius 3 is 3.23 bits per heavy atom. The topological polar surface area (TPSA) is 47.3 Å². The lowest BCUT2D eigenvalue weighted by Crippen LogP contribution is -2.31. The Kier molecular flexibility index (Phi) is 1.94. The summed E-state index contributed by atoms with van der Waals surface area (Å²) < 4.78 is 5.08. The van der Waals surface area contributed by atoms with Crippen molar-refractivity contribution in [3.05, 3.63) is 41.3 Å². The summed E-state index contributed by atoms with van der Waals surface area (Å²) >= 11 is 0. The maximum atomic E-state index is 5.86. The Bertz CT molecular complexity index is 347. The lowest BCUT2D eigenvalue weighted by atomic mass is 10.0. The lowest BCUT2D eigenvalue weighted by Gasteiger charge is -2.23. The third-order valence-electron chi connectivity index (χ3n) is 2.07. The van der Waals surface area contributed by atoms with Crippen molar-refractivity contribution in [2.45, 2.75) is 6.17 Å². The Balaban J connectivity index is 2.46. The largest absolute Gasteiger partial charge is 0.482 e. The van der Waals surface area contributed by atoms with Crippen molar-refractivity contribution in [2.24, 2.45) is 5.73 Å². The van der Waals surface area contributed by atoms with Gasteiger partial charge in [0.2, 0.25) is 0 Å². The minimum absolute atomic E-state index is 0.201. The number of fused-ring (bicyclic) bond motifs is 1. The molecule has 1 aromatic rings. The summed E-state index contributed by atoms with van der Waals surface area (Å²) in [6.07, 6.45) is 1.72. The van der Waals surface area contributed by atoms with Crippen LogP contribution in [0.25, 0.3) is 6.08 Å². The fraction of sp³-hybridized carbons (Fsp3) is 0.200. The molecular formula is C10H11N2O. The Labute approximate surface area is 77.2 Å². The smallest absolute Gasteiger partial charge is 0.188 e. The van der Waals surface area contributed by atoms with Gasteiger partial charge in [-0.3, -0.25) is 0 Å². The highest BCUT2D eigenvalue weighted by atomic mass is 16.5. The molecule has 3 nitrogen and oxygen atoms in total. The van der Waals surface area contributed by atoms with E-state index < -0.39 is 0 Å². The van der Waals surface area contributed by atoms with Crippen LogP contribution < -0.4 is 11.1 Å². The van der Waals surface area contributed by atoms with E-state index in [9.17, 15) is 0 Å². The zero-order valence-corrected chi connectivity index (χ0v) is 7.37. The van der Waals surface area contributed by atoms with Crippen LogP contribution in [0.15, 0.2) is 24.1 Å². The molecule has 0 amide bonds. The van der Waals surface area contributed by atoms with Crippen LogP contribution in [0.5, 0.6) is 0 Å². The third-order valence-corrected chi connectivity index (χ3v) is 2.07. The molecule has 0 spiro atoms. The van der Waals surface area contributed by atoms with E-state index in [4.69, 9.17) is 10.5 Å². The second-order valence-electron chi connectivity index (χ2n) is 2.89. The molecule has 1 unspecified atom stereocenters. The molecule has 1 atom stereocenters.